The second kappa shape index (κ2) is 6.96. The normalized spacial score (nSPS) is 20.7. The molecule has 0 bridgehead atoms. The van der Waals surface area contributed by atoms with Crippen LogP contribution in [0.5, 0.6) is 0 Å². The second-order valence-electron chi connectivity index (χ2n) is 5.65. The maximum Gasteiger partial charge on any atom is 0.0595 e. The summed E-state index contributed by atoms with van der Waals surface area (Å²) in [5, 5.41) is 4.44. The molecule has 1 aromatic rings. The van der Waals surface area contributed by atoms with E-state index < -0.39 is 0 Å². The van der Waals surface area contributed by atoms with E-state index in [1.165, 1.54) is 18.5 Å². The van der Waals surface area contributed by atoms with E-state index in [4.69, 9.17) is 11.6 Å². The van der Waals surface area contributed by atoms with Crippen LogP contribution in [-0.4, -0.2) is 25.7 Å². The van der Waals surface area contributed by atoms with Crippen LogP contribution in [0.2, 0.25) is 5.02 Å². The molecule has 4 heteroatoms. The van der Waals surface area contributed by atoms with Gasteiger partial charge in [0.25, 0.3) is 0 Å². The molecule has 1 fully saturated rings. The Balaban J connectivity index is 2.15. The van der Waals surface area contributed by atoms with Gasteiger partial charge >= 0.3 is 0 Å². The Labute approximate surface area is 129 Å². The second-order valence-corrected chi connectivity index (χ2v) is 6.85. The minimum Gasteiger partial charge on any atom is -0.369 e. The van der Waals surface area contributed by atoms with Gasteiger partial charge in [-0.1, -0.05) is 31.5 Å². The largest absolute Gasteiger partial charge is 0.369 e. The van der Waals surface area contributed by atoms with E-state index in [1.54, 1.807) is 0 Å². The average molecular weight is 346 g/mol. The molecule has 1 aliphatic heterocycles. The molecule has 2 nitrogen and oxygen atoms in total. The summed E-state index contributed by atoms with van der Waals surface area (Å²) < 4.78 is 1.02. The van der Waals surface area contributed by atoms with E-state index in [1.807, 2.05) is 12.1 Å². The van der Waals surface area contributed by atoms with Crippen molar-refractivity contribution in [2.45, 2.75) is 32.7 Å². The van der Waals surface area contributed by atoms with Gasteiger partial charge in [-0.2, -0.15) is 0 Å². The summed E-state index contributed by atoms with van der Waals surface area (Å²) in [4.78, 5) is 2.45. The number of benzene rings is 1. The molecule has 19 heavy (non-hydrogen) atoms. The van der Waals surface area contributed by atoms with Crippen LogP contribution in [0, 0.1) is 5.92 Å². The third-order valence-corrected chi connectivity index (χ3v) is 4.88. The molecular weight excluding hydrogens is 324 g/mol. The van der Waals surface area contributed by atoms with Crippen molar-refractivity contribution in [1.82, 2.24) is 5.32 Å². The number of hydrogen-bond donors (Lipinski definition) is 1. The fourth-order valence-electron chi connectivity index (χ4n) is 2.68. The smallest absolute Gasteiger partial charge is 0.0595 e. The van der Waals surface area contributed by atoms with Gasteiger partial charge in [-0.05, 0) is 53.4 Å². The Morgan fingerprint density at radius 1 is 1.47 bits per heavy atom. The van der Waals surface area contributed by atoms with Crippen LogP contribution >= 0.6 is 27.5 Å². The van der Waals surface area contributed by atoms with E-state index in [9.17, 15) is 0 Å². The third-order valence-electron chi connectivity index (χ3n) is 3.51. The van der Waals surface area contributed by atoms with E-state index >= 15 is 0 Å². The minimum absolute atomic E-state index is 0.563. The summed E-state index contributed by atoms with van der Waals surface area (Å²) in [7, 11) is 0. The predicted molar refractivity (Wildman–Crippen MR) is 87.2 cm³/mol. The molecule has 1 atom stereocenters. The first-order chi connectivity index (χ1) is 9.08. The van der Waals surface area contributed by atoms with Crippen LogP contribution in [0.3, 0.4) is 0 Å². The fraction of sp³-hybridized carbons (Fsp3) is 0.600. The van der Waals surface area contributed by atoms with Gasteiger partial charge in [0.2, 0.25) is 0 Å². The first-order valence-corrected chi connectivity index (χ1v) is 8.17. The van der Waals surface area contributed by atoms with Crippen LogP contribution < -0.4 is 10.2 Å². The number of nitrogens with zero attached hydrogens (tertiary/aromatic N) is 1. The molecule has 0 spiro atoms. The molecule has 1 saturated heterocycles. The predicted octanol–water partition coefficient (Wildman–Crippen LogP) is 4.32. The molecule has 106 valence electrons. The van der Waals surface area contributed by atoms with Crippen molar-refractivity contribution in [3.05, 3.63) is 27.7 Å². The van der Waals surface area contributed by atoms with Crippen molar-refractivity contribution in [1.29, 1.82) is 0 Å². The number of hydrogen-bond acceptors (Lipinski definition) is 2. The van der Waals surface area contributed by atoms with Gasteiger partial charge in [-0.3, -0.25) is 0 Å². The summed E-state index contributed by atoms with van der Waals surface area (Å²) in [6.45, 7) is 7.81. The van der Waals surface area contributed by atoms with Crippen LogP contribution in [0.25, 0.3) is 0 Å². The van der Waals surface area contributed by atoms with Crippen molar-refractivity contribution < 1.29 is 0 Å². The Kier molecular flexibility index (Phi) is 5.55. The number of halogens is 2. The van der Waals surface area contributed by atoms with Gasteiger partial charge in [0.1, 0.15) is 0 Å². The summed E-state index contributed by atoms with van der Waals surface area (Å²) in [5.41, 5.74) is 1.21. The van der Waals surface area contributed by atoms with E-state index in [0.29, 0.717) is 6.04 Å². The monoisotopic (exact) mass is 344 g/mol. The Morgan fingerprint density at radius 3 is 3.00 bits per heavy atom. The first-order valence-electron chi connectivity index (χ1n) is 7.00. The third kappa shape index (κ3) is 4.11. The minimum atomic E-state index is 0.563. The molecule has 0 aliphatic carbocycles. The maximum atomic E-state index is 6.21. The zero-order valence-electron chi connectivity index (χ0n) is 11.6. The first kappa shape index (κ1) is 15.1. The van der Waals surface area contributed by atoms with Crippen LogP contribution in [0.4, 0.5) is 5.69 Å². The number of anilines is 1. The van der Waals surface area contributed by atoms with Crippen LogP contribution in [0.15, 0.2) is 22.7 Å². The molecule has 0 radical (unpaired) electrons. The molecule has 0 aromatic heterocycles. The molecule has 1 aliphatic rings. The molecule has 1 aromatic carbocycles. The van der Waals surface area contributed by atoms with E-state index in [2.05, 4.69) is 46.1 Å². The standard InChI is InChI=1S/C15H22BrClN2/c1-11(2)9-12-10-19(8-4-7-18-12)14-6-3-5-13(17)15(14)16/h3,5-6,11-12,18H,4,7-10H2,1-2H3. The van der Waals surface area contributed by atoms with E-state index in [0.717, 1.165) is 35.0 Å². The molecule has 2 rings (SSSR count). The van der Waals surface area contributed by atoms with Gasteiger partial charge in [0.15, 0.2) is 0 Å². The molecule has 1 N–H and O–H groups in total. The Morgan fingerprint density at radius 2 is 2.26 bits per heavy atom. The van der Waals surface area contributed by atoms with Crippen molar-refractivity contribution in [3.63, 3.8) is 0 Å². The zero-order valence-corrected chi connectivity index (χ0v) is 14.0. The van der Waals surface area contributed by atoms with Crippen molar-refractivity contribution >= 4 is 33.2 Å². The highest BCUT2D eigenvalue weighted by Gasteiger charge is 2.20. The van der Waals surface area contributed by atoms with Crippen LogP contribution in [0.1, 0.15) is 26.7 Å². The Hall–Kier alpha value is -0.250. The number of rotatable bonds is 3. The van der Waals surface area contributed by atoms with Gasteiger partial charge in [0, 0.05) is 19.1 Å². The summed E-state index contributed by atoms with van der Waals surface area (Å²) in [6.07, 6.45) is 2.39. The van der Waals surface area contributed by atoms with Gasteiger partial charge in [-0.15, -0.1) is 0 Å². The van der Waals surface area contributed by atoms with Gasteiger partial charge < -0.3 is 10.2 Å². The average Bonchev–Trinajstić information content (AvgIpc) is 2.57. The SMILES string of the molecule is CC(C)CC1CN(c2cccc(Cl)c2Br)CCCN1. The molecule has 0 amide bonds. The highest BCUT2D eigenvalue weighted by atomic mass is 79.9. The van der Waals surface area contributed by atoms with Gasteiger partial charge in [0.05, 0.1) is 15.2 Å². The van der Waals surface area contributed by atoms with Gasteiger partial charge in [-0.25, -0.2) is 0 Å². The molecular formula is C15H22BrClN2. The number of nitrogens with one attached hydrogen (secondary N) is 1. The summed E-state index contributed by atoms with van der Waals surface area (Å²) in [5.74, 6) is 0.722. The Bertz CT molecular complexity index is 423. The highest BCUT2D eigenvalue weighted by molar-refractivity contribution is 9.10. The van der Waals surface area contributed by atoms with Crippen LogP contribution in [-0.2, 0) is 0 Å². The topological polar surface area (TPSA) is 15.3 Å². The van der Waals surface area contributed by atoms with Crippen molar-refractivity contribution in [3.8, 4) is 0 Å². The lowest BCUT2D eigenvalue weighted by molar-refractivity contribution is 0.436. The van der Waals surface area contributed by atoms with Crippen molar-refractivity contribution in [2.24, 2.45) is 5.92 Å². The summed E-state index contributed by atoms with van der Waals surface area (Å²) >= 11 is 9.82. The molecule has 1 heterocycles. The lowest BCUT2D eigenvalue weighted by Gasteiger charge is -2.28. The van der Waals surface area contributed by atoms with E-state index in [-0.39, 0.29) is 0 Å². The summed E-state index contributed by atoms with van der Waals surface area (Å²) in [6, 6.07) is 6.66. The molecule has 0 saturated carbocycles. The lowest BCUT2D eigenvalue weighted by atomic mass is 10.0. The maximum absolute atomic E-state index is 6.21. The van der Waals surface area contributed by atoms with Crippen molar-refractivity contribution in [2.75, 3.05) is 24.5 Å². The highest BCUT2D eigenvalue weighted by Crippen LogP contribution is 2.33. The molecule has 1 unspecified atom stereocenters. The quantitative estimate of drug-likeness (QED) is 0.878. The zero-order chi connectivity index (χ0) is 13.8. The fourth-order valence-corrected chi connectivity index (χ4v) is 3.36. The lowest BCUT2D eigenvalue weighted by Crippen LogP contribution is -2.38.